The second-order valence-electron chi connectivity index (χ2n) is 6.88. The number of phenols is 1. The summed E-state index contributed by atoms with van der Waals surface area (Å²) in [5.41, 5.74) is 2.06. The molecule has 2 fully saturated rings. The van der Waals surface area contributed by atoms with Gasteiger partial charge in [0.25, 0.3) is 0 Å². The topological polar surface area (TPSA) is 66.4 Å². The van der Waals surface area contributed by atoms with Crippen LogP contribution in [0, 0.1) is 11.8 Å². The Morgan fingerprint density at radius 1 is 0.741 bits per heavy atom. The molecule has 2 aromatic rings. The highest BCUT2D eigenvalue weighted by Gasteiger charge is 2.48. The zero-order chi connectivity index (χ0) is 19.0. The van der Waals surface area contributed by atoms with Gasteiger partial charge in [0, 0.05) is 11.8 Å². The molecule has 144 valence electrons. The Kier molecular flexibility index (Phi) is 4.85. The van der Waals surface area contributed by atoms with Crippen molar-refractivity contribution >= 4 is 0 Å². The number of benzene rings is 2. The van der Waals surface area contributed by atoms with Crippen molar-refractivity contribution in [2.45, 2.75) is 12.2 Å². The van der Waals surface area contributed by atoms with E-state index >= 15 is 0 Å². The van der Waals surface area contributed by atoms with Gasteiger partial charge in [-0.15, -0.1) is 0 Å². The van der Waals surface area contributed by atoms with Crippen molar-refractivity contribution in [1.82, 2.24) is 0 Å². The predicted octanol–water partition coefficient (Wildman–Crippen LogP) is 3.49. The Balaban J connectivity index is 1.57. The standard InChI is InChI=1S/C21H24O6/c1-23-17-7-5-13(9-19(17)25-3)21-15-11-26-20(14(15)10-27-21)12-4-6-16(22)18(8-12)24-2/h4-9,14-15,20-22H,10-11H2,1-3H3/t14?,15-,20?,21-/m0/s1. The quantitative estimate of drug-likeness (QED) is 0.867. The van der Waals surface area contributed by atoms with Gasteiger partial charge in [-0.2, -0.15) is 0 Å². The molecule has 2 saturated heterocycles. The van der Waals surface area contributed by atoms with E-state index in [0.717, 1.165) is 11.1 Å². The highest BCUT2D eigenvalue weighted by Crippen LogP contribution is 2.51. The van der Waals surface area contributed by atoms with Gasteiger partial charge >= 0.3 is 0 Å². The van der Waals surface area contributed by atoms with E-state index in [9.17, 15) is 5.11 Å². The van der Waals surface area contributed by atoms with Crippen molar-refractivity contribution < 1.29 is 28.8 Å². The van der Waals surface area contributed by atoms with Crippen LogP contribution in [0.15, 0.2) is 36.4 Å². The van der Waals surface area contributed by atoms with Crippen LogP contribution in [0.25, 0.3) is 0 Å². The molecule has 4 atom stereocenters. The van der Waals surface area contributed by atoms with Crippen molar-refractivity contribution in [3.8, 4) is 23.0 Å². The van der Waals surface area contributed by atoms with E-state index in [1.807, 2.05) is 30.3 Å². The van der Waals surface area contributed by atoms with E-state index in [-0.39, 0.29) is 29.8 Å². The van der Waals surface area contributed by atoms with Crippen LogP contribution >= 0.6 is 0 Å². The fraction of sp³-hybridized carbons (Fsp3) is 0.429. The molecule has 4 rings (SSSR count). The molecule has 0 bridgehead atoms. The van der Waals surface area contributed by atoms with Gasteiger partial charge < -0.3 is 28.8 Å². The number of aromatic hydroxyl groups is 1. The minimum atomic E-state index is -0.0744. The van der Waals surface area contributed by atoms with Crippen molar-refractivity contribution in [1.29, 1.82) is 0 Å². The Morgan fingerprint density at radius 3 is 1.81 bits per heavy atom. The van der Waals surface area contributed by atoms with Crippen molar-refractivity contribution in [3.63, 3.8) is 0 Å². The number of methoxy groups -OCH3 is 3. The molecule has 6 heteroatoms. The van der Waals surface area contributed by atoms with Gasteiger partial charge in [0.05, 0.1) is 46.8 Å². The summed E-state index contributed by atoms with van der Waals surface area (Å²) < 4.78 is 28.3. The fourth-order valence-electron chi connectivity index (χ4n) is 4.14. The summed E-state index contributed by atoms with van der Waals surface area (Å²) >= 11 is 0. The van der Waals surface area contributed by atoms with Crippen molar-refractivity contribution in [2.24, 2.45) is 11.8 Å². The van der Waals surface area contributed by atoms with E-state index in [2.05, 4.69) is 0 Å². The van der Waals surface area contributed by atoms with E-state index in [4.69, 9.17) is 23.7 Å². The first-order valence-corrected chi connectivity index (χ1v) is 8.98. The molecule has 2 aliphatic rings. The van der Waals surface area contributed by atoms with Gasteiger partial charge in [-0.1, -0.05) is 12.1 Å². The third-order valence-corrected chi connectivity index (χ3v) is 5.53. The summed E-state index contributed by atoms with van der Waals surface area (Å²) in [6.07, 6.45) is -0.117. The molecule has 0 amide bonds. The molecule has 2 aliphatic heterocycles. The number of rotatable bonds is 5. The summed E-state index contributed by atoms with van der Waals surface area (Å²) in [6.45, 7) is 1.25. The number of hydrogen-bond donors (Lipinski definition) is 1. The lowest BCUT2D eigenvalue weighted by atomic mass is 9.85. The lowest BCUT2D eigenvalue weighted by molar-refractivity contribution is 0.0191. The second kappa shape index (κ2) is 7.29. The lowest BCUT2D eigenvalue weighted by Gasteiger charge is -2.18. The third kappa shape index (κ3) is 3.09. The average Bonchev–Trinajstić information content (AvgIpc) is 3.30. The highest BCUT2D eigenvalue weighted by molar-refractivity contribution is 5.45. The molecule has 2 unspecified atom stereocenters. The van der Waals surface area contributed by atoms with Gasteiger partial charge in [0.15, 0.2) is 23.0 Å². The van der Waals surface area contributed by atoms with Crippen molar-refractivity contribution in [2.75, 3.05) is 34.5 Å². The van der Waals surface area contributed by atoms with Gasteiger partial charge in [-0.05, 0) is 35.4 Å². The SMILES string of the molecule is COc1cc(C2OC[C@H]3C2CO[C@H]3c2ccc(OC)c(OC)c2)ccc1O. The van der Waals surface area contributed by atoms with Crippen LogP contribution in [0.1, 0.15) is 23.3 Å². The van der Waals surface area contributed by atoms with E-state index in [1.165, 1.54) is 0 Å². The number of fused-ring (bicyclic) bond motifs is 1. The second-order valence-corrected chi connectivity index (χ2v) is 6.88. The van der Waals surface area contributed by atoms with Crippen molar-refractivity contribution in [3.05, 3.63) is 47.5 Å². The first-order chi connectivity index (χ1) is 13.2. The summed E-state index contributed by atoms with van der Waals surface area (Å²) in [5.74, 6) is 2.48. The Labute approximate surface area is 158 Å². The molecule has 0 aliphatic carbocycles. The number of ether oxygens (including phenoxy) is 5. The van der Waals surface area contributed by atoms with Crippen LogP contribution in [0.3, 0.4) is 0 Å². The van der Waals surface area contributed by atoms with E-state index < -0.39 is 0 Å². The molecular formula is C21H24O6. The van der Waals surface area contributed by atoms with Crippen LogP contribution < -0.4 is 14.2 Å². The number of hydrogen-bond acceptors (Lipinski definition) is 6. The molecular weight excluding hydrogens is 348 g/mol. The van der Waals surface area contributed by atoms with Gasteiger partial charge in [0.1, 0.15) is 0 Å². The molecule has 2 heterocycles. The third-order valence-electron chi connectivity index (χ3n) is 5.53. The van der Waals surface area contributed by atoms with E-state index in [0.29, 0.717) is 30.5 Å². The normalized spacial score (nSPS) is 26.6. The predicted molar refractivity (Wildman–Crippen MR) is 98.6 cm³/mol. The zero-order valence-corrected chi connectivity index (χ0v) is 15.7. The molecule has 2 aromatic carbocycles. The number of phenolic OH excluding ortho intramolecular Hbond substituents is 1. The smallest absolute Gasteiger partial charge is 0.161 e. The summed E-state index contributed by atoms with van der Waals surface area (Å²) in [5, 5.41) is 9.84. The maximum atomic E-state index is 9.84. The Hall–Kier alpha value is -2.44. The average molecular weight is 372 g/mol. The van der Waals surface area contributed by atoms with Crippen LogP contribution in [0.4, 0.5) is 0 Å². The maximum Gasteiger partial charge on any atom is 0.161 e. The van der Waals surface area contributed by atoms with E-state index in [1.54, 1.807) is 27.4 Å². The van der Waals surface area contributed by atoms with Crippen LogP contribution in [0.2, 0.25) is 0 Å². The summed E-state index contributed by atoms with van der Waals surface area (Å²) in [4.78, 5) is 0. The minimum absolute atomic E-state index is 0.0428. The zero-order valence-electron chi connectivity index (χ0n) is 15.7. The molecule has 0 spiro atoms. The summed E-state index contributed by atoms with van der Waals surface area (Å²) in [7, 11) is 4.80. The Morgan fingerprint density at radius 2 is 1.26 bits per heavy atom. The van der Waals surface area contributed by atoms with Crippen LogP contribution in [0.5, 0.6) is 23.0 Å². The first kappa shape index (κ1) is 17.9. The first-order valence-electron chi connectivity index (χ1n) is 8.98. The molecule has 0 saturated carbocycles. The van der Waals surface area contributed by atoms with Gasteiger partial charge in [-0.3, -0.25) is 0 Å². The monoisotopic (exact) mass is 372 g/mol. The summed E-state index contributed by atoms with van der Waals surface area (Å²) in [6, 6.07) is 11.3. The molecule has 0 radical (unpaired) electrons. The highest BCUT2D eigenvalue weighted by atomic mass is 16.5. The van der Waals surface area contributed by atoms with Crippen LogP contribution in [-0.4, -0.2) is 39.6 Å². The van der Waals surface area contributed by atoms with Crippen LogP contribution in [-0.2, 0) is 9.47 Å². The van der Waals surface area contributed by atoms with Gasteiger partial charge in [-0.25, -0.2) is 0 Å². The molecule has 6 nitrogen and oxygen atoms in total. The molecule has 1 N–H and O–H groups in total. The molecule has 0 aromatic heterocycles. The largest absolute Gasteiger partial charge is 0.504 e. The minimum Gasteiger partial charge on any atom is -0.504 e. The molecule has 27 heavy (non-hydrogen) atoms. The Bertz CT molecular complexity index is 820. The lowest BCUT2D eigenvalue weighted by Crippen LogP contribution is -2.14. The maximum absolute atomic E-state index is 9.84. The fourth-order valence-corrected chi connectivity index (χ4v) is 4.14. The van der Waals surface area contributed by atoms with Gasteiger partial charge in [0.2, 0.25) is 0 Å².